The standard InChI is InChI=1S/C16H16FNO2S/c1-8-11(6-7-12(17)14(8)19-3)16(21)13-9(2)18-20-15(13)10-4-5-10/h6-7,10H,4-5H2,1-3H3. The van der Waals surface area contributed by atoms with Crippen molar-refractivity contribution >= 4 is 17.1 Å². The van der Waals surface area contributed by atoms with Gasteiger partial charge in [-0.1, -0.05) is 23.4 Å². The second-order valence-corrected chi connectivity index (χ2v) is 5.77. The average molecular weight is 305 g/mol. The van der Waals surface area contributed by atoms with Crippen molar-refractivity contribution in [3.63, 3.8) is 0 Å². The van der Waals surface area contributed by atoms with E-state index in [9.17, 15) is 4.39 Å². The van der Waals surface area contributed by atoms with Crippen LogP contribution in [0.3, 0.4) is 0 Å². The Bertz CT molecular complexity index is 719. The number of methoxy groups -OCH3 is 1. The quantitative estimate of drug-likeness (QED) is 0.630. The van der Waals surface area contributed by atoms with Crippen molar-refractivity contribution in [2.24, 2.45) is 0 Å². The summed E-state index contributed by atoms with van der Waals surface area (Å²) in [6, 6.07) is 3.08. The first kappa shape index (κ1) is 14.2. The second kappa shape index (κ2) is 5.22. The smallest absolute Gasteiger partial charge is 0.165 e. The van der Waals surface area contributed by atoms with Crippen LogP contribution >= 0.6 is 12.2 Å². The van der Waals surface area contributed by atoms with Crippen LogP contribution in [0.25, 0.3) is 0 Å². The Morgan fingerprint density at radius 1 is 1.38 bits per heavy atom. The molecule has 1 heterocycles. The van der Waals surface area contributed by atoms with Gasteiger partial charge in [0.1, 0.15) is 5.76 Å². The Morgan fingerprint density at radius 2 is 2.10 bits per heavy atom. The van der Waals surface area contributed by atoms with E-state index < -0.39 is 0 Å². The van der Waals surface area contributed by atoms with Crippen LogP contribution in [0.2, 0.25) is 0 Å². The lowest BCUT2D eigenvalue weighted by atomic mass is 9.97. The van der Waals surface area contributed by atoms with E-state index in [1.165, 1.54) is 13.2 Å². The number of aromatic nitrogens is 1. The van der Waals surface area contributed by atoms with Crippen molar-refractivity contribution in [2.45, 2.75) is 32.6 Å². The molecule has 2 aromatic rings. The molecular formula is C16H16FNO2S. The van der Waals surface area contributed by atoms with Crippen molar-refractivity contribution in [1.29, 1.82) is 0 Å². The fourth-order valence-electron chi connectivity index (χ4n) is 2.58. The largest absolute Gasteiger partial charge is 0.493 e. The third kappa shape index (κ3) is 2.35. The van der Waals surface area contributed by atoms with E-state index in [1.807, 2.05) is 13.8 Å². The number of halogens is 1. The van der Waals surface area contributed by atoms with Crippen LogP contribution in [0.4, 0.5) is 4.39 Å². The van der Waals surface area contributed by atoms with Gasteiger partial charge < -0.3 is 9.26 Å². The van der Waals surface area contributed by atoms with Gasteiger partial charge in [-0.3, -0.25) is 0 Å². The van der Waals surface area contributed by atoms with E-state index in [-0.39, 0.29) is 11.6 Å². The number of hydrogen-bond donors (Lipinski definition) is 0. The predicted molar refractivity (Wildman–Crippen MR) is 81.7 cm³/mol. The maximum absolute atomic E-state index is 13.7. The summed E-state index contributed by atoms with van der Waals surface area (Å²) in [7, 11) is 1.46. The van der Waals surface area contributed by atoms with Crippen LogP contribution < -0.4 is 4.74 Å². The summed E-state index contributed by atoms with van der Waals surface area (Å²) in [6.45, 7) is 3.69. The maximum atomic E-state index is 13.7. The minimum Gasteiger partial charge on any atom is -0.493 e. The van der Waals surface area contributed by atoms with Crippen molar-refractivity contribution in [3.05, 3.63) is 46.1 Å². The summed E-state index contributed by atoms with van der Waals surface area (Å²) >= 11 is 5.62. The zero-order valence-corrected chi connectivity index (χ0v) is 13.0. The molecule has 0 saturated heterocycles. The summed E-state index contributed by atoms with van der Waals surface area (Å²) in [4.78, 5) is 0.645. The van der Waals surface area contributed by atoms with Crippen LogP contribution in [0.15, 0.2) is 16.7 Å². The molecule has 0 N–H and O–H groups in total. The molecule has 3 rings (SSSR count). The molecule has 5 heteroatoms. The molecule has 1 aliphatic rings. The summed E-state index contributed by atoms with van der Waals surface area (Å²) in [5.41, 5.74) is 3.15. The molecule has 0 aliphatic heterocycles. The van der Waals surface area contributed by atoms with Gasteiger partial charge in [-0.25, -0.2) is 4.39 Å². The number of rotatable bonds is 4. The molecule has 21 heavy (non-hydrogen) atoms. The summed E-state index contributed by atoms with van der Waals surface area (Å²) < 4.78 is 24.3. The number of ether oxygens (including phenoxy) is 1. The zero-order chi connectivity index (χ0) is 15.1. The van der Waals surface area contributed by atoms with Gasteiger partial charge in [0.05, 0.1) is 23.2 Å². The molecule has 0 bridgehead atoms. The predicted octanol–water partition coefficient (Wildman–Crippen LogP) is 4.08. The number of benzene rings is 1. The topological polar surface area (TPSA) is 35.3 Å². The molecule has 0 amide bonds. The Kier molecular flexibility index (Phi) is 3.53. The van der Waals surface area contributed by atoms with Gasteiger partial charge in [-0.15, -0.1) is 0 Å². The highest BCUT2D eigenvalue weighted by molar-refractivity contribution is 7.81. The normalized spacial score (nSPS) is 14.3. The maximum Gasteiger partial charge on any atom is 0.165 e. The van der Waals surface area contributed by atoms with Crippen molar-refractivity contribution in [2.75, 3.05) is 7.11 Å². The molecule has 0 atom stereocenters. The van der Waals surface area contributed by atoms with Crippen LogP contribution in [-0.2, 0) is 0 Å². The highest BCUT2D eigenvalue weighted by Gasteiger charge is 2.33. The van der Waals surface area contributed by atoms with Gasteiger partial charge >= 0.3 is 0 Å². The van der Waals surface area contributed by atoms with Gasteiger partial charge in [0.25, 0.3) is 0 Å². The zero-order valence-electron chi connectivity index (χ0n) is 12.2. The Balaban J connectivity index is 2.09. The third-order valence-corrected chi connectivity index (χ3v) is 4.29. The van der Waals surface area contributed by atoms with Crippen LogP contribution in [0, 0.1) is 19.7 Å². The Labute approximate surface area is 128 Å². The van der Waals surface area contributed by atoms with Gasteiger partial charge in [0, 0.05) is 17.0 Å². The fraction of sp³-hybridized carbons (Fsp3) is 0.375. The van der Waals surface area contributed by atoms with Gasteiger partial charge in [0.15, 0.2) is 11.6 Å². The minimum atomic E-state index is -0.383. The number of nitrogens with zero attached hydrogens (tertiary/aromatic N) is 1. The number of aryl methyl sites for hydroxylation is 1. The van der Waals surface area contributed by atoms with Crippen LogP contribution in [-0.4, -0.2) is 17.1 Å². The molecule has 3 nitrogen and oxygen atoms in total. The van der Waals surface area contributed by atoms with E-state index in [0.717, 1.165) is 35.4 Å². The van der Waals surface area contributed by atoms with Gasteiger partial charge in [-0.05, 0) is 32.8 Å². The lowest BCUT2D eigenvalue weighted by Gasteiger charge is -2.12. The van der Waals surface area contributed by atoms with E-state index in [0.29, 0.717) is 16.3 Å². The van der Waals surface area contributed by atoms with E-state index in [4.69, 9.17) is 21.5 Å². The van der Waals surface area contributed by atoms with E-state index in [1.54, 1.807) is 6.07 Å². The summed E-state index contributed by atoms with van der Waals surface area (Å²) in [6.07, 6.45) is 2.21. The highest BCUT2D eigenvalue weighted by Crippen LogP contribution is 2.43. The molecule has 0 radical (unpaired) electrons. The van der Waals surface area contributed by atoms with Crippen molar-refractivity contribution in [1.82, 2.24) is 5.16 Å². The molecular weight excluding hydrogens is 289 g/mol. The average Bonchev–Trinajstić information content (AvgIpc) is 3.22. The SMILES string of the molecule is COc1c(F)ccc(C(=S)c2c(C)noc2C2CC2)c1C. The third-order valence-electron chi connectivity index (χ3n) is 3.87. The second-order valence-electron chi connectivity index (χ2n) is 5.36. The summed E-state index contributed by atoms with van der Waals surface area (Å²) in [5.74, 6) is 1.13. The first-order chi connectivity index (χ1) is 10.0. The first-order valence-corrected chi connectivity index (χ1v) is 7.29. The molecule has 1 saturated carbocycles. The van der Waals surface area contributed by atoms with Crippen LogP contribution in [0.5, 0.6) is 5.75 Å². The Hall–Kier alpha value is -1.75. The monoisotopic (exact) mass is 305 g/mol. The molecule has 1 fully saturated rings. The minimum absolute atomic E-state index is 0.233. The summed E-state index contributed by atoms with van der Waals surface area (Å²) in [5, 5.41) is 4.05. The fourth-order valence-corrected chi connectivity index (χ4v) is 3.05. The highest BCUT2D eigenvalue weighted by atomic mass is 32.1. The molecule has 1 aromatic carbocycles. The lowest BCUT2D eigenvalue weighted by Crippen LogP contribution is -2.07. The van der Waals surface area contributed by atoms with E-state index >= 15 is 0 Å². The Morgan fingerprint density at radius 3 is 2.71 bits per heavy atom. The van der Waals surface area contributed by atoms with Crippen molar-refractivity contribution in [3.8, 4) is 5.75 Å². The van der Waals surface area contributed by atoms with Gasteiger partial charge in [-0.2, -0.15) is 0 Å². The molecule has 1 aromatic heterocycles. The van der Waals surface area contributed by atoms with E-state index in [2.05, 4.69) is 5.16 Å². The lowest BCUT2D eigenvalue weighted by molar-refractivity contribution is 0.380. The number of hydrogen-bond acceptors (Lipinski definition) is 4. The van der Waals surface area contributed by atoms with Gasteiger partial charge in [0.2, 0.25) is 0 Å². The van der Waals surface area contributed by atoms with Crippen molar-refractivity contribution < 1.29 is 13.7 Å². The first-order valence-electron chi connectivity index (χ1n) is 6.88. The molecule has 0 spiro atoms. The molecule has 110 valence electrons. The molecule has 1 aliphatic carbocycles. The number of thiocarbonyl (C=S) groups is 1. The molecule has 0 unspecified atom stereocenters. The van der Waals surface area contributed by atoms with Crippen LogP contribution in [0.1, 0.15) is 46.9 Å².